The van der Waals surface area contributed by atoms with E-state index in [1.54, 1.807) is 0 Å². The summed E-state index contributed by atoms with van der Waals surface area (Å²) in [6.45, 7) is -0.275. The Labute approximate surface area is 127 Å². The molecule has 0 aliphatic carbocycles. The quantitative estimate of drug-likeness (QED) is 0.169. The Morgan fingerprint density at radius 3 is 2.10 bits per heavy atom. The lowest BCUT2D eigenvalue weighted by Crippen LogP contribution is -2.48. The van der Waals surface area contributed by atoms with Gasteiger partial charge in [0.25, 0.3) is 0 Å². The predicted molar refractivity (Wildman–Crippen MR) is 73.5 cm³/mol. The first-order valence-corrected chi connectivity index (χ1v) is 6.75. The Kier molecular flexibility index (Phi) is 9.49. The molecule has 0 aliphatic heterocycles. The third-order valence-electron chi connectivity index (χ3n) is 2.57. The Morgan fingerprint density at radius 1 is 1.14 bits per heavy atom. The van der Waals surface area contributed by atoms with Gasteiger partial charge in [-0.05, 0) is 0 Å². The molecule has 5 atom stereocenters. The predicted octanol–water partition coefficient (Wildman–Crippen LogP) is -3.60. The SMILES string of the molecule is CC(=O)NC(CS)C(=O)OCC(O)C(O)C(O)C(O)CO. The van der Waals surface area contributed by atoms with E-state index in [1.807, 2.05) is 0 Å². The van der Waals surface area contributed by atoms with E-state index in [1.165, 1.54) is 6.92 Å². The first-order chi connectivity index (χ1) is 9.74. The largest absolute Gasteiger partial charge is 0.461 e. The van der Waals surface area contributed by atoms with Crippen molar-refractivity contribution >= 4 is 24.5 Å². The molecule has 0 fully saturated rings. The van der Waals surface area contributed by atoms with Crippen LogP contribution in [0.1, 0.15) is 6.92 Å². The highest BCUT2D eigenvalue weighted by molar-refractivity contribution is 7.80. The maximum Gasteiger partial charge on any atom is 0.329 e. The van der Waals surface area contributed by atoms with Crippen molar-refractivity contribution in [2.75, 3.05) is 19.0 Å². The van der Waals surface area contributed by atoms with Crippen LogP contribution in [0, 0.1) is 0 Å². The van der Waals surface area contributed by atoms with E-state index in [4.69, 9.17) is 10.2 Å². The normalized spacial score (nSPS) is 18.2. The van der Waals surface area contributed by atoms with Gasteiger partial charge in [0, 0.05) is 12.7 Å². The fourth-order valence-corrected chi connectivity index (χ4v) is 1.59. The molecular weight excluding hydrogens is 306 g/mol. The molecule has 6 N–H and O–H groups in total. The second-order valence-corrected chi connectivity index (χ2v) is 4.73. The van der Waals surface area contributed by atoms with Gasteiger partial charge in [-0.25, -0.2) is 4.79 Å². The van der Waals surface area contributed by atoms with Crippen LogP contribution in [0.15, 0.2) is 0 Å². The summed E-state index contributed by atoms with van der Waals surface area (Å²) in [5.41, 5.74) is 0. The van der Waals surface area contributed by atoms with Gasteiger partial charge in [-0.2, -0.15) is 12.6 Å². The number of carbonyl (C=O) groups is 2. The summed E-state index contributed by atoms with van der Waals surface area (Å²) in [6, 6.07) is -1.01. The third kappa shape index (κ3) is 7.07. The third-order valence-corrected chi connectivity index (χ3v) is 2.93. The molecule has 0 aromatic heterocycles. The maximum absolute atomic E-state index is 11.6. The molecule has 0 radical (unpaired) electrons. The molecule has 0 aromatic carbocycles. The van der Waals surface area contributed by atoms with Crippen LogP contribution in [-0.2, 0) is 14.3 Å². The first-order valence-electron chi connectivity index (χ1n) is 6.12. The molecule has 0 bridgehead atoms. The lowest BCUT2D eigenvalue weighted by molar-refractivity contribution is -0.158. The van der Waals surface area contributed by atoms with Crippen molar-refractivity contribution in [1.29, 1.82) is 0 Å². The van der Waals surface area contributed by atoms with Crippen LogP contribution < -0.4 is 5.32 Å². The van der Waals surface area contributed by atoms with Crippen LogP contribution in [0.25, 0.3) is 0 Å². The molecule has 0 rings (SSSR count). The van der Waals surface area contributed by atoms with Gasteiger partial charge in [0.2, 0.25) is 5.91 Å². The summed E-state index contributed by atoms with van der Waals surface area (Å²) >= 11 is 3.86. The molecule has 5 unspecified atom stereocenters. The number of aliphatic hydroxyl groups excluding tert-OH is 5. The number of nitrogens with one attached hydrogen (secondary N) is 1. The lowest BCUT2D eigenvalue weighted by atomic mass is 10.0. The molecule has 0 aliphatic rings. The molecule has 0 aromatic rings. The number of ether oxygens (including phenoxy) is 1. The highest BCUT2D eigenvalue weighted by Gasteiger charge is 2.31. The van der Waals surface area contributed by atoms with E-state index in [-0.39, 0.29) is 5.75 Å². The second-order valence-electron chi connectivity index (χ2n) is 4.36. The van der Waals surface area contributed by atoms with Crippen molar-refractivity contribution in [2.24, 2.45) is 0 Å². The van der Waals surface area contributed by atoms with E-state index >= 15 is 0 Å². The van der Waals surface area contributed by atoms with Crippen LogP contribution >= 0.6 is 12.6 Å². The van der Waals surface area contributed by atoms with E-state index in [0.717, 1.165) is 0 Å². The number of hydrogen-bond donors (Lipinski definition) is 7. The van der Waals surface area contributed by atoms with Crippen molar-refractivity contribution in [1.82, 2.24) is 5.32 Å². The smallest absolute Gasteiger partial charge is 0.329 e. The molecule has 0 saturated heterocycles. The average molecular weight is 327 g/mol. The average Bonchev–Trinajstić information content (AvgIpc) is 2.46. The topological polar surface area (TPSA) is 157 Å². The fraction of sp³-hybridized carbons (Fsp3) is 0.818. The van der Waals surface area contributed by atoms with Gasteiger partial charge in [-0.15, -0.1) is 0 Å². The first kappa shape index (κ1) is 20.1. The molecule has 0 spiro atoms. The molecule has 0 saturated carbocycles. The van der Waals surface area contributed by atoms with Crippen molar-refractivity contribution in [3.63, 3.8) is 0 Å². The number of amides is 1. The minimum atomic E-state index is -1.82. The minimum Gasteiger partial charge on any atom is -0.461 e. The van der Waals surface area contributed by atoms with E-state index in [0.29, 0.717) is 0 Å². The molecule has 0 heterocycles. The number of thiol groups is 1. The van der Waals surface area contributed by atoms with E-state index in [2.05, 4.69) is 22.7 Å². The number of rotatable bonds is 9. The lowest BCUT2D eigenvalue weighted by Gasteiger charge is -2.25. The Balaban J connectivity index is 4.36. The Bertz CT molecular complexity index is 342. The molecule has 9 nitrogen and oxygen atoms in total. The second kappa shape index (κ2) is 9.92. The molecular formula is C11H21NO8S. The van der Waals surface area contributed by atoms with Gasteiger partial charge >= 0.3 is 5.97 Å². The van der Waals surface area contributed by atoms with Crippen LogP contribution in [0.2, 0.25) is 0 Å². The highest BCUT2D eigenvalue weighted by Crippen LogP contribution is 2.06. The fourth-order valence-electron chi connectivity index (χ4n) is 1.35. The summed E-state index contributed by atoms with van der Waals surface area (Å²) in [5, 5.41) is 48.4. The molecule has 10 heteroatoms. The van der Waals surface area contributed by atoms with Crippen LogP contribution in [0.5, 0.6) is 0 Å². The van der Waals surface area contributed by atoms with E-state index < -0.39 is 55.5 Å². The number of hydrogen-bond acceptors (Lipinski definition) is 9. The van der Waals surface area contributed by atoms with Gasteiger partial charge in [-0.3, -0.25) is 4.79 Å². The van der Waals surface area contributed by atoms with Crippen LogP contribution in [0.4, 0.5) is 0 Å². The zero-order valence-electron chi connectivity index (χ0n) is 11.4. The number of esters is 1. The van der Waals surface area contributed by atoms with E-state index in [9.17, 15) is 24.9 Å². The van der Waals surface area contributed by atoms with Gasteiger partial charge in [0.05, 0.1) is 6.61 Å². The van der Waals surface area contributed by atoms with Gasteiger partial charge in [-0.1, -0.05) is 0 Å². The zero-order chi connectivity index (χ0) is 16.6. The Morgan fingerprint density at radius 2 is 1.67 bits per heavy atom. The summed E-state index contributed by atoms with van der Waals surface area (Å²) in [5.74, 6) is -1.36. The van der Waals surface area contributed by atoms with Gasteiger partial charge < -0.3 is 35.6 Å². The highest BCUT2D eigenvalue weighted by atomic mass is 32.1. The zero-order valence-corrected chi connectivity index (χ0v) is 12.3. The van der Waals surface area contributed by atoms with Gasteiger partial charge in [0.15, 0.2) is 0 Å². The van der Waals surface area contributed by atoms with Crippen molar-refractivity contribution in [3.05, 3.63) is 0 Å². The standard InChI is InChI=1S/C11H21NO8S/c1-5(14)12-6(4-21)11(19)20-3-8(16)10(18)9(17)7(15)2-13/h6-10,13,15-18,21H,2-4H2,1H3,(H,12,14). The Hall–Kier alpha value is -0.910. The monoisotopic (exact) mass is 327 g/mol. The molecule has 1 amide bonds. The van der Waals surface area contributed by atoms with Crippen molar-refractivity contribution in [2.45, 2.75) is 37.4 Å². The van der Waals surface area contributed by atoms with Crippen LogP contribution in [0.3, 0.4) is 0 Å². The number of aliphatic hydroxyl groups is 5. The van der Waals surface area contributed by atoms with Crippen molar-refractivity contribution in [3.8, 4) is 0 Å². The molecule has 21 heavy (non-hydrogen) atoms. The van der Waals surface area contributed by atoms with Crippen molar-refractivity contribution < 1.29 is 39.9 Å². The maximum atomic E-state index is 11.6. The van der Waals surface area contributed by atoms with Gasteiger partial charge in [0.1, 0.15) is 37.1 Å². The number of carbonyl (C=O) groups excluding carboxylic acids is 2. The minimum absolute atomic E-state index is 0.0249. The summed E-state index contributed by atoms with van der Waals surface area (Å²) < 4.78 is 4.67. The molecule has 124 valence electrons. The van der Waals surface area contributed by atoms with Crippen LogP contribution in [-0.4, -0.2) is 86.8 Å². The summed E-state index contributed by atoms with van der Waals surface area (Å²) in [7, 11) is 0. The summed E-state index contributed by atoms with van der Waals surface area (Å²) in [4.78, 5) is 22.4. The summed E-state index contributed by atoms with van der Waals surface area (Å²) in [6.07, 6.45) is -6.95.